The van der Waals surface area contributed by atoms with Gasteiger partial charge in [0.1, 0.15) is 0 Å². The molecule has 0 bridgehead atoms. The van der Waals surface area contributed by atoms with Gasteiger partial charge >= 0.3 is 11.9 Å². The summed E-state index contributed by atoms with van der Waals surface area (Å²) in [6.07, 6.45) is 0.0551. The number of amides is 1. The highest BCUT2D eigenvalue weighted by Gasteiger charge is 1.95. The van der Waals surface area contributed by atoms with Crippen LogP contribution in [0.15, 0.2) is 0 Å². The Hall–Kier alpha value is -1.63. The lowest BCUT2D eigenvalue weighted by Gasteiger charge is -1.95. The summed E-state index contributed by atoms with van der Waals surface area (Å²) in [5.74, 6) is -1.93. The van der Waals surface area contributed by atoms with Gasteiger partial charge in [-0.25, -0.2) is 0 Å². The Bertz CT molecular complexity index is 203. The molecule has 0 radical (unpaired) electrons. The van der Waals surface area contributed by atoms with Gasteiger partial charge in [-0.05, 0) is 0 Å². The highest BCUT2D eigenvalue weighted by atomic mass is 16.4. The van der Waals surface area contributed by atoms with Crippen LogP contribution in [-0.2, 0) is 14.4 Å². The Balaban J connectivity index is 0. The fraction of sp³-hybridized carbons (Fsp3) is 0.625. The molecule has 0 aromatic carbocycles. The first-order valence-corrected chi connectivity index (χ1v) is 4.28. The molecule has 0 saturated carbocycles. The van der Waals surface area contributed by atoms with Gasteiger partial charge in [0.2, 0.25) is 5.91 Å². The lowest BCUT2D eigenvalue weighted by Crippen LogP contribution is -2.22. The Kier molecular flexibility index (Phi) is 11.0. The summed E-state index contributed by atoms with van der Waals surface area (Å²) >= 11 is 0. The Morgan fingerprint density at radius 3 is 1.80 bits per heavy atom. The largest absolute Gasteiger partial charge is 0.481 e. The summed E-state index contributed by atoms with van der Waals surface area (Å²) in [5.41, 5.74) is 4.85. The van der Waals surface area contributed by atoms with E-state index < -0.39 is 11.9 Å². The first-order valence-electron chi connectivity index (χ1n) is 4.28. The molecule has 0 rings (SSSR count). The zero-order valence-corrected chi connectivity index (χ0v) is 8.52. The van der Waals surface area contributed by atoms with Gasteiger partial charge in [-0.3, -0.25) is 14.4 Å². The average molecular weight is 220 g/mol. The van der Waals surface area contributed by atoms with Crippen molar-refractivity contribution in [2.45, 2.75) is 19.8 Å². The monoisotopic (exact) mass is 220 g/mol. The number of aliphatic carboxylic acids is 2. The first kappa shape index (κ1) is 15.8. The lowest BCUT2D eigenvalue weighted by molar-refractivity contribution is -0.138. The van der Waals surface area contributed by atoms with Crippen molar-refractivity contribution in [3.05, 3.63) is 0 Å². The maximum absolute atomic E-state index is 10.1. The molecule has 0 unspecified atom stereocenters. The number of hydrogen-bond donors (Lipinski definition) is 4. The topological polar surface area (TPSA) is 130 Å². The molecule has 15 heavy (non-hydrogen) atoms. The smallest absolute Gasteiger partial charge is 0.305 e. The molecule has 0 fully saturated rings. The van der Waals surface area contributed by atoms with Gasteiger partial charge in [0, 0.05) is 20.0 Å². The predicted octanol–water partition coefficient (Wildman–Crippen LogP) is -0.983. The molecular weight excluding hydrogens is 204 g/mol. The van der Waals surface area contributed by atoms with Crippen LogP contribution in [0.2, 0.25) is 0 Å². The van der Waals surface area contributed by atoms with Crippen molar-refractivity contribution >= 4 is 17.8 Å². The third-order valence-corrected chi connectivity index (χ3v) is 1.07. The van der Waals surface area contributed by atoms with Crippen molar-refractivity contribution < 1.29 is 24.6 Å². The molecule has 0 aliphatic heterocycles. The average Bonchev–Trinajstić information content (AvgIpc) is 2.03. The van der Waals surface area contributed by atoms with E-state index in [0.29, 0.717) is 0 Å². The van der Waals surface area contributed by atoms with E-state index in [4.69, 9.17) is 15.9 Å². The van der Waals surface area contributed by atoms with Crippen molar-refractivity contribution in [3.63, 3.8) is 0 Å². The van der Waals surface area contributed by atoms with Crippen molar-refractivity contribution in [3.8, 4) is 0 Å². The third-order valence-electron chi connectivity index (χ3n) is 1.07. The number of nitrogens with one attached hydrogen (secondary N) is 1. The van der Waals surface area contributed by atoms with Gasteiger partial charge in [0.15, 0.2) is 0 Å². The van der Waals surface area contributed by atoms with Crippen molar-refractivity contribution in [1.82, 2.24) is 5.32 Å². The zero-order chi connectivity index (χ0) is 12.3. The molecule has 0 aromatic rings. The zero-order valence-electron chi connectivity index (χ0n) is 8.52. The summed E-state index contributed by atoms with van der Waals surface area (Å²) in [7, 11) is 0. The van der Waals surface area contributed by atoms with Crippen molar-refractivity contribution in [2.75, 3.05) is 13.1 Å². The molecule has 7 nitrogen and oxygen atoms in total. The quantitative estimate of drug-likeness (QED) is 0.471. The predicted molar refractivity (Wildman–Crippen MR) is 52.2 cm³/mol. The molecule has 7 heteroatoms. The highest BCUT2D eigenvalue weighted by molar-refractivity contribution is 5.74. The van der Waals surface area contributed by atoms with Gasteiger partial charge in [-0.1, -0.05) is 0 Å². The van der Waals surface area contributed by atoms with Crippen LogP contribution in [0.5, 0.6) is 0 Å². The maximum atomic E-state index is 10.1. The lowest BCUT2D eigenvalue weighted by atomic mass is 10.4. The van der Waals surface area contributed by atoms with Crippen LogP contribution in [0.1, 0.15) is 19.8 Å². The number of nitrogens with two attached hydrogens (primary N) is 1. The van der Waals surface area contributed by atoms with Gasteiger partial charge in [0.05, 0.1) is 12.8 Å². The summed E-state index contributed by atoms with van der Waals surface area (Å²) in [5, 5.41) is 18.3. The van der Waals surface area contributed by atoms with Crippen LogP contribution in [0.25, 0.3) is 0 Å². The standard InChI is InChI=1S/C5H9NO3.C3H7NO2/c1-4(7)6-3-2-5(8)9;4-2-1-3(5)6/h2-3H2,1H3,(H,6,7)(H,8,9);1-2,4H2,(H,5,6). The number of carbonyl (C=O) groups is 3. The maximum Gasteiger partial charge on any atom is 0.305 e. The van der Waals surface area contributed by atoms with Crippen molar-refractivity contribution in [2.24, 2.45) is 5.73 Å². The highest BCUT2D eigenvalue weighted by Crippen LogP contribution is 1.73. The fourth-order valence-corrected chi connectivity index (χ4v) is 0.469. The van der Waals surface area contributed by atoms with Crippen LogP contribution in [0, 0.1) is 0 Å². The normalized spacial score (nSPS) is 8.40. The molecule has 0 aromatic heterocycles. The van der Waals surface area contributed by atoms with Gasteiger partial charge in [-0.2, -0.15) is 0 Å². The first-order chi connectivity index (χ1) is 6.90. The summed E-state index contributed by atoms with van der Waals surface area (Å²) in [6.45, 7) is 1.79. The summed E-state index contributed by atoms with van der Waals surface area (Å²) < 4.78 is 0. The molecular formula is C8H16N2O5. The SMILES string of the molecule is CC(=O)NCCC(=O)O.NCCC(=O)O. The third kappa shape index (κ3) is 24.5. The number of rotatable bonds is 5. The van der Waals surface area contributed by atoms with E-state index in [9.17, 15) is 14.4 Å². The Labute approximate surface area is 87.3 Å². The number of hydrogen-bond acceptors (Lipinski definition) is 4. The molecule has 0 aliphatic carbocycles. The van der Waals surface area contributed by atoms with E-state index in [0.717, 1.165) is 0 Å². The van der Waals surface area contributed by atoms with Crippen LogP contribution in [0.3, 0.4) is 0 Å². The van der Waals surface area contributed by atoms with Gasteiger partial charge in [0.25, 0.3) is 0 Å². The summed E-state index contributed by atoms with van der Waals surface area (Å²) in [4.78, 5) is 29.5. The molecule has 5 N–H and O–H groups in total. The van der Waals surface area contributed by atoms with Gasteiger partial charge < -0.3 is 21.3 Å². The second-order valence-electron chi connectivity index (χ2n) is 2.56. The molecule has 1 amide bonds. The Morgan fingerprint density at radius 2 is 1.60 bits per heavy atom. The van der Waals surface area contributed by atoms with E-state index in [1.165, 1.54) is 6.92 Å². The minimum atomic E-state index is -0.899. The molecule has 0 atom stereocenters. The number of carboxylic acid groups (broad SMARTS) is 2. The van der Waals surface area contributed by atoms with E-state index in [1.807, 2.05) is 0 Å². The second kappa shape index (κ2) is 10.5. The number of carbonyl (C=O) groups excluding carboxylic acids is 1. The van der Waals surface area contributed by atoms with Gasteiger partial charge in [-0.15, -0.1) is 0 Å². The molecule has 88 valence electrons. The van der Waals surface area contributed by atoms with Crippen LogP contribution in [0.4, 0.5) is 0 Å². The van der Waals surface area contributed by atoms with Crippen LogP contribution in [-0.4, -0.2) is 41.1 Å². The van der Waals surface area contributed by atoms with E-state index in [-0.39, 0.29) is 31.8 Å². The Morgan fingerprint density at radius 1 is 1.13 bits per heavy atom. The minimum absolute atomic E-state index is 0.0143. The fourth-order valence-electron chi connectivity index (χ4n) is 0.469. The minimum Gasteiger partial charge on any atom is -0.481 e. The van der Waals surface area contributed by atoms with Crippen LogP contribution >= 0.6 is 0 Å². The van der Waals surface area contributed by atoms with E-state index in [2.05, 4.69) is 5.32 Å². The molecule has 0 aliphatic rings. The van der Waals surface area contributed by atoms with Crippen LogP contribution < -0.4 is 11.1 Å². The van der Waals surface area contributed by atoms with E-state index >= 15 is 0 Å². The second-order valence-corrected chi connectivity index (χ2v) is 2.56. The summed E-state index contributed by atoms with van der Waals surface area (Å²) in [6, 6.07) is 0. The number of carboxylic acids is 2. The molecule has 0 spiro atoms. The van der Waals surface area contributed by atoms with Crippen molar-refractivity contribution in [1.29, 1.82) is 0 Å². The molecule has 0 saturated heterocycles. The molecule has 0 heterocycles. The van der Waals surface area contributed by atoms with E-state index in [1.54, 1.807) is 0 Å².